The van der Waals surface area contributed by atoms with Gasteiger partial charge < -0.3 is 4.74 Å². The molecule has 0 heterocycles. The van der Waals surface area contributed by atoms with E-state index in [4.69, 9.17) is 27.9 Å². The van der Waals surface area contributed by atoms with E-state index >= 15 is 0 Å². The first-order chi connectivity index (χ1) is 15.8. The quantitative estimate of drug-likeness (QED) is 0.336. The number of hydrogen-bond donors (Lipinski definition) is 1. The molecule has 172 valence electrons. The SMILES string of the molecule is CCOc1ccc(S(=O)(=O)N(CC(=O)N/N=C\c2c(Cl)cccc2Cl)c2ccccc2)cc1. The van der Waals surface area contributed by atoms with E-state index in [2.05, 4.69) is 10.5 Å². The summed E-state index contributed by atoms with van der Waals surface area (Å²) in [5.74, 6) is -0.0965. The molecule has 0 saturated carbocycles. The molecule has 0 radical (unpaired) electrons. The van der Waals surface area contributed by atoms with E-state index in [1.165, 1.54) is 18.3 Å². The third kappa shape index (κ3) is 6.25. The van der Waals surface area contributed by atoms with Gasteiger partial charge in [0.15, 0.2) is 0 Å². The zero-order chi connectivity index (χ0) is 23.8. The van der Waals surface area contributed by atoms with Crippen LogP contribution in [0.15, 0.2) is 82.8 Å². The normalized spacial score (nSPS) is 11.4. The van der Waals surface area contributed by atoms with E-state index in [0.29, 0.717) is 33.7 Å². The number of para-hydroxylation sites is 1. The first kappa shape index (κ1) is 24.6. The zero-order valence-electron chi connectivity index (χ0n) is 17.6. The van der Waals surface area contributed by atoms with Crippen molar-refractivity contribution in [1.82, 2.24) is 5.43 Å². The van der Waals surface area contributed by atoms with Crippen molar-refractivity contribution >= 4 is 51.0 Å². The Hall–Kier alpha value is -3.07. The fourth-order valence-electron chi connectivity index (χ4n) is 2.88. The number of carbonyl (C=O) groups excluding carboxylic acids is 1. The van der Waals surface area contributed by atoms with Crippen molar-refractivity contribution in [3.63, 3.8) is 0 Å². The average molecular weight is 506 g/mol. The lowest BCUT2D eigenvalue weighted by atomic mass is 10.2. The number of nitrogens with one attached hydrogen (secondary N) is 1. The number of benzene rings is 3. The van der Waals surface area contributed by atoms with Gasteiger partial charge in [0, 0.05) is 5.56 Å². The Kier molecular flexibility index (Phi) is 8.32. The molecular formula is C23H21Cl2N3O4S. The minimum atomic E-state index is -4.05. The smallest absolute Gasteiger partial charge is 0.264 e. The molecular weight excluding hydrogens is 485 g/mol. The predicted molar refractivity (Wildman–Crippen MR) is 131 cm³/mol. The standard InChI is InChI=1S/C23H21Cl2N3O4S/c1-2-32-18-11-13-19(14-12-18)33(30,31)28(17-7-4-3-5-8-17)16-23(29)27-26-15-20-21(24)9-6-10-22(20)25/h3-15H,2,16H2,1H3,(H,27,29)/b26-15-. The second kappa shape index (κ2) is 11.2. The summed E-state index contributed by atoms with van der Waals surface area (Å²) in [5.41, 5.74) is 3.09. The molecule has 0 bridgehead atoms. The Morgan fingerprint density at radius 2 is 1.64 bits per heavy atom. The van der Waals surface area contributed by atoms with Crippen molar-refractivity contribution in [3.8, 4) is 5.75 Å². The number of hydrogen-bond acceptors (Lipinski definition) is 5. The monoisotopic (exact) mass is 505 g/mol. The Morgan fingerprint density at radius 1 is 1.00 bits per heavy atom. The fourth-order valence-corrected chi connectivity index (χ4v) is 4.80. The molecule has 0 aliphatic carbocycles. The molecule has 3 aromatic carbocycles. The highest BCUT2D eigenvalue weighted by atomic mass is 35.5. The highest BCUT2D eigenvalue weighted by Crippen LogP contribution is 2.25. The van der Waals surface area contributed by atoms with Crippen molar-refractivity contribution in [2.24, 2.45) is 5.10 Å². The number of halogens is 2. The van der Waals surface area contributed by atoms with E-state index in [-0.39, 0.29) is 4.90 Å². The molecule has 0 unspecified atom stereocenters. The van der Waals surface area contributed by atoms with Crippen LogP contribution < -0.4 is 14.5 Å². The molecule has 33 heavy (non-hydrogen) atoms. The highest BCUT2D eigenvalue weighted by molar-refractivity contribution is 7.92. The van der Waals surface area contributed by atoms with E-state index in [0.717, 1.165) is 4.31 Å². The van der Waals surface area contributed by atoms with Crippen LogP contribution in [-0.2, 0) is 14.8 Å². The Morgan fingerprint density at radius 3 is 2.24 bits per heavy atom. The Labute approximate surface area is 202 Å². The molecule has 7 nitrogen and oxygen atoms in total. The van der Waals surface area contributed by atoms with Crippen molar-refractivity contribution in [2.75, 3.05) is 17.5 Å². The number of anilines is 1. The zero-order valence-corrected chi connectivity index (χ0v) is 19.9. The van der Waals surface area contributed by atoms with Gasteiger partial charge in [0.1, 0.15) is 12.3 Å². The number of amides is 1. The van der Waals surface area contributed by atoms with Crippen LogP contribution in [0.3, 0.4) is 0 Å². The number of rotatable bonds is 9. The van der Waals surface area contributed by atoms with Gasteiger partial charge in [-0.3, -0.25) is 9.10 Å². The molecule has 10 heteroatoms. The highest BCUT2D eigenvalue weighted by Gasteiger charge is 2.27. The average Bonchev–Trinajstić information content (AvgIpc) is 2.80. The lowest BCUT2D eigenvalue weighted by molar-refractivity contribution is -0.119. The Balaban J connectivity index is 1.82. The molecule has 0 spiro atoms. The molecule has 0 aromatic heterocycles. The molecule has 0 aliphatic rings. The van der Waals surface area contributed by atoms with Gasteiger partial charge in [-0.05, 0) is 55.5 Å². The number of sulfonamides is 1. The number of hydrazone groups is 1. The van der Waals surface area contributed by atoms with Crippen LogP contribution in [-0.4, -0.2) is 33.7 Å². The van der Waals surface area contributed by atoms with Gasteiger partial charge in [0.2, 0.25) is 0 Å². The van der Waals surface area contributed by atoms with Gasteiger partial charge in [-0.2, -0.15) is 5.10 Å². The van der Waals surface area contributed by atoms with Crippen LogP contribution in [0, 0.1) is 0 Å². The summed E-state index contributed by atoms with van der Waals surface area (Å²) in [6.07, 6.45) is 1.30. The van der Waals surface area contributed by atoms with Crippen LogP contribution >= 0.6 is 23.2 Å². The summed E-state index contributed by atoms with van der Waals surface area (Å²) in [6.45, 7) is 1.80. The maximum Gasteiger partial charge on any atom is 0.264 e. The molecule has 0 aliphatic heterocycles. The summed E-state index contributed by atoms with van der Waals surface area (Å²) in [4.78, 5) is 12.6. The molecule has 0 fully saturated rings. The van der Waals surface area contributed by atoms with Gasteiger partial charge in [-0.25, -0.2) is 13.8 Å². The molecule has 3 aromatic rings. The van der Waals surface area contributed by atoms with Crippen molar-refractivity contribution in [3.05, 3.63) is 88.4 Å². The predicted octanol–water partition coefficient (Wildman–Crippen LogP) is 4.74. The van der Waals surface area contributed by atoms with Crippen LogP contribution in [0.2, 0.25) is 10.0 Å². The van der Waals surface area contributed by atoms with E-state index in [1.807, 2.05) is 6.92 Å². The van der Waals surface area contributed by atoms with Crippen LogP contribution in [0.5, 0.6) is 5.75 Å². The maximum atomic E-state index is 13.4. The first-order valence-corrected chi connectivity index (χ1v) is 12.1. The van der Waals surface area contributed by atoms with E-state index in [1.54, 1.807) is 60.7 Å². The second-order valence-electron chi connectivity index (χ2n) is 6.68. The lowest BCUT2D eigenvalue weighted by Crippen LogP contribution is -2.39. The third-order valence-corrected chi connectivity index (χ3v) is 6.88. The van der Waals surface area contributed by atoms with E-state index in [9.17, 15) is 13.2 Å². The molecule has 1 amide bonds. The molecule has 0 saturated heterocycles. The second-order valence-corrected chi connectivity index (χ2v) is 9.36. The van der Waals surface area contributed by atoms with Gasteiger partial charge >= 0.3 is 0 Å². The largest absolute Gasteiger partial charge is 0.494 e. The molecule has 3 rings (SSSR count). The van der Waals surface area contributed by atoms with Crippen molar-refractivity contribution < 1.29 is 17.9 Å². The summed E-state index contributed by atoms with van der Waals surface area (Å²) in [6, 6.07) is 19.3. The topological polar surface area (TPSA) is 88.1 Å². The summed E-state index contributed by atoms with van der Waals surface area (Å²) in [7, 11) is -4.05. The minimum Gasteiger partial charge on any atom is -0.494 e. The van der Waals surface area contributed by atoms with Gasteiger partial charge in [0.25, 0.3) is 15.9 Å². The number of carbonyl (C=O) groups is 1. The molecule has 1 N–H and O–H groups in total. The van der Waals surface area contributed by atoms with Crippen molar-refractivity contribution in [1.29, 1.82) is 0 Å². The summed E-state index contributed by atoms with van der Waals surface area (Å²) < 4.78 is 33.1. The Bertz CT molecular complexity index is 1210. The lowest BCUT2D eigenvalue weighted by Gasteiger charge is -2.23. The minimum absolute atomic E-state index is 0.0222. The third-order valence-electron chi connectivity index (χ3n) is 4.44. The van der Waals surface area contributed by atoms with Crippen LogP contribution in [0.1, 0.15) is 12.5 Å². The van der Waals surface area contributed by atoms with Gasteiger partial charge in [-0.1, -0.05) is 47.5 Å². The van der Waals surface area contributed by atoms with Gasteiger partial charge in [0.05, 0.1) is 33.4 Å². The summed E-state index contributed by atoms with van der Waals surface area (Å²) >= 11 is 12.2. The summed E-state index contributed by atoms with van der Waals surface area (Å²) in [5, 5.41) is 4.60. The van der Waals surface area contributed by atoms with Crippen molar-refractivity contribution in [2.45, 2.75) is 11.8 Å². The fraction of sp³-hybridized carbons (Fsp3) is 0.130. The maximum absolute atomic E-state index is 13.4. The number of nitrogens with zero attached hydrogens (tertiary/aromatic N) is 2. The van der Waals surface area contributed by atoms with Crippen LogP contribution in [0.25, 0.3) is 0 Å². The first-order valence-electron chi connectivity index (χ1n) is 9.89. The molecule has 0 atom stereocenters. The van der Waals surface area contributed by atoms with E-state index < -0.39 is 22.5 Å². The number of ether oxygens (including phenoxy) is 1. The van der Waals surface area contributed by atoms with Crippen LogP contribution in [0.4, 0.5) is 5.69 Å². The van der Waals surface area contributed by atoms with Gasteiger partial charge in [-0.15, -0.1) is 0 Å².